The number of nitrogens with zero attached hydrogens (tertiary/aromatic N) is 2. The minimum Gasteiger partial charge on any atom is -0.368 e. The van der Waals surface area contributed by atoms with Gasteiger partial charge < -0.3 is 11.1 Å². The highest BCUT2D eigenvalue weighted by Gasteiger charge is 2.21. The minimum atomic E-state index is -0.434. The van der Waals surface area contributed by atoms with E-state index in [9.17, 15) is 4.39 Å². The number of nitrogens with two attached hydrogens (primary N) is 1. The van der Waals surface area contributed by atoms with Crippen LogP contribution in [0.2, 0.25) is 0 Å². The van der Waals surface area contributed by atoms with Crippen LogP contribution in [0.5, 0.6) is 0 Å². The van der Waals surface area contributed by atoms with Crippen LogP contribution < -0.4 is 11.1 Å². The van der Waals surface area contributed by atoms with Crippen molar-refractivity contribution in [3.63, 3.8) is 0 Å². The first-order valence-corrected chi connectivity index (χ1v) is 6.23. The van der Waals surface area contributed by atoms with E-state index < -0.39 is 5.82 Å². The fourth-order valence-electron chi connectivity index (χ4n) is 2.39. The average Bonchev–Trinajstić information content (AvgIpc) is 2.35. The van der Waals surface area contributed by atoms with E-state index in [4.69, 9.17) is 5.73 Å². The summed E-state index contributed by atoms with van der Waals surface area (Å²) in [6.07, 6.45) is 6.90. The molecule has 3 N–H and O–H groups in total. The molecule has 1 aliphatic rings. The summed E-state index contributed by atoms with van der Waals surface area (Å²) in [4.78, 5) is 7.50. The van der Waals surface area contributed by atoms with Crippen LogP contribution >= 0.6 is 0 Å². The number of nitrogen functional groups attached to an aromatic ring is 1. The zero-order valence-electron chi connectivity index (χ0n) is 10.1. The Morgan fingerprint density at radius 2 is 2.12 bits per heavy atom. The minimum absolute atomic E-state index is 0.108. The summed E-state index contributed by atoms with van der Waals surface area (Å²) in [5.74, 6) is 0.735. The van der Waals surface area contributed by atoms with E-state index in [0.717, 1.165) is 25.0 Å². The summed E-state index contributed by atoms with van der Waals surface area (Å²) >= 11 is 0. The van der Waals surface area contributed by atoms with E-state index in [-0.39, 0.29) is 11.8 Å². The number of aromatic nitrogens is 2. The lowest BCUT2D eigenvalue weighted by Gasteiger charge is -2.28. The first-order chi connectivity index (χ1) is 8.19. The second-order valence-corrected chi connectivity index (χ2v) is 4.69. The van der Waals surface area contributed by atoms with E-state index in [2.05, 4.69) is 22.2 Å². The largest absolute Gasteiger partial charge is 0.368 e. The molecule has 0 aliphatic heterocycles. The molecule has 17 heavy (non-hydrogen) atoms. The molecule has 1 aliphatic carbocycles. The Balaban J connectivity index is 1.95. The van der Waals surface area contributed by atoms with Crippen LogP contribution in [-0.2, 0) is 0 Å². The molecule has 0 radical (unpaired) electrons. The zero-order chi connectivity index (χ0) is 12.3. The van der Waals surface area contributed by atoms with E-state index >= 15 is 0 Å². The third-order valence-corrected chi connectivity index (χ3v) is 3.53. The van der Waals surface area contributed by atoms with Crippen molar-refractivity contribution < 1.29 is 4.39 Å². The van der Waals surface area contributed by atoms with Crippen LogP contribution in [0, 0.1) is 11.7 Å². The van der Waals surface area contributed by atoms with Gasteiger partial charge in [0.1, 0.15) is 0 Å². The molecule has 5 heteroatoms. The summed E-state index contributed by atoms with van der Waals surface area (Å²) in [7, 11) is 0. The molecule has 1 aromatic rings. The molecule has 0 bridgehead atoms. The van der Waals surface area contributed by atoms with Crippen LogP contribution in [0.25, 0.3) is 0 Å². The quantitative estimate of drug-likeness (QED) is 0.849. The van der Waals surface area contributed by atoms with Gasteiger partial charge in [-0.05, 0) is 31.6 Å². The standard InChI is InChI=1S/C12H19FN4/c1-2-8-3-5-9(6-4-8)16-11-10(13)7-15-12(14)17-11/h7-9H,2-6H2,1H3,(H3,14,15,16,17). The maximum Gasteiger partial charge on any atom is 0.222 e. The predicted octanol–water partition coefficient (Wildman–Crippen LogP) is 2.58. The van der Waals surface area contributed by atoms with Crippen molar-refractivity contribution in [3.05, 3.63) is 12.0 Å². The molecule has 0 saturated heterocycles. The van der Waals surface area contributed by atoms with E-state index in [1.54, 1.807) is 0 Å². The Morgan fingerprint density at radius 1 is 1.41 bits per heavy atom. The molecular weight excluding hydrogens is 219 g/mol. The molecule has 94 valence electrons. The molecular formula is C12H19FN4. The van der Waals surface area contributed by atoms with Crippen molar-refractivity contribution in [2.75, 3.05) is 11.1 Å². The molecule has 1 aromatic heterocycles. The molecule has 1 saturated carbocycles. The van der Waals surface area contributed by atoms with Crippen LogP contribution in [0.15, 0.2) is 6.20 Å². The van der Waals surface area contributed by atoms with Crippen LogP contribution in [0.1, 0.15) is 39.0 Å². The maximum absolute atomic E-state index is 13.4. The fourth-order valence-corrected chi connectivity index (χ4v) is 2.39. The van der Waals surface area contributed by atoms with Crippen molar-refractivity contribution in [2.24, 2.45) is 5.92 Å². The van der Waals surface area contributed by atoms with Crippen molar-refractivity contribution in [1.29, 1.82) is 0 Å². The number of rotatable bonds is 3. The fraction of sp³-hybridized carbons (Fsp3) is 0.667. The first kappa shape index (κ1) is 12.1. The van der Waals surface area contributed by atoms with Crippen molar-refractivity contribution >= 4 is 11.8 Å². The Bertz CT molecular complexity index is 375. The lowest BCUT2D eigenvalue weighted by atomic mass is 9.84. The first-order valence-electron chi connectivity index (χ1n) is 6.23. The Kier molecular flexibility index (Phi) is 3.76. The van der Waals surface area contributed by atoms with Crippen LogP contribution in [-0.4, -0.2) is 16.0 Å². The van der Waals surface area contributed by atoms with Gasteiger partial charge in [0.25, 0.3) is 0 Å². The number of anilines is 2. The molecule has 1 fully saturated rings. The number of halogens is 1. The molecule has 0 amide bonds. The van der Waals surface area contributed by atoms with Gasteiger partial charge in [0.05, 0.1) is 6.20 Å². The molecule has 1 heterocycles. The van der Waals surface area contributed by atoms with Crippen LogP contribution in [0.4, 0.5) is 16.2 Å². The molecule has 0 atom stereocenters. The number of hydrogen-bond donors (Lipinski definition) is 2. The van der Waals surface area contributed by atoms with Gasteiger partial charge >= 0.3 is 0 Å². The maximum atomic E-state index is 13.4. The monoisotopic (exact) mass is 238 g/mol. The Hall–Kier alpha value is -1.39. The summed E-state index contributed by atoms with van der Waals surface area (Å²) in [5, 5.41) is 3.13. The molecule has 0 spiro atoms. The van der Waals surface area contributed by atoms with Gasteiger partial charge in [-0.3, -0.25) is 0 Å². The van der Waals surface area contributed by atoms with E-state index in [0.29, 0.717) is 6.04 Å². The van der Waals surface area contributed by atoms with Crippen LogP contribution in [0.3, 0.4) is 0 Å². The van der Waals surface area contributed by atoms with Crippen molar-refractivity contribution in [3.8, 4) is 0 Å². The zero-order valence-corrected chi connectivity index (χ0v) is 10.1. The summed E-state index contributed by atoms with van der Waals surface area (Å²) < 4.78 is 13.4. The molecule has 2 rings (SSSR count). The van der Waals surface area contributed by atoms with E-state index in [1.165, 1.54) is 19.3 Å². The van der Waals surface area contributed by atoms with Gasteiger partial charge in [-0.2, -0.15) is 4.98 Å². The lowest BCUT2D eigenvalue weighted by Crippen LogP contribution is -2.27. The second-order valence-electron chi connectivity index (χ2n) is 4.69. The SMILES string of the molecule is CCC1CCC(Nc2nc(N)ncc2F)CC1. The Morgan fingerprint density at radius 3 is 2.76 bits per heavy atom. The Labute approximate surface area is 101 Å². The van der Waals surface area contributed by atoms with Crippen molar-refractivity contribution in [2.45, 2.75) is 45.1 Å². The van der Waals surface area contributed by atoms with Gasteiger partial charge in [0, 0.05) is 6.04 Å². The smallest absolute Gasteiger partial charge is 0.222 e. The highest BCUT2D eigenvalue weighted by molar-refractivity contribution is 5.40. The highest BCUT2D eigenvalue weighted by Crippen LogP contribution is 2.28. The van der Waals surface area contributed by atoms with Gasteiger partial charge in [0.2, 0.25) is 5.95 Å². The summed E-state index contributed by atoms with van der Waals surface area (Å²) in [6, 6.07) is 0.307. The number of hydrogen-bond acceptors (Lipinski definition) is 4. The normalized spacial score (nSPS) is 24.6. The highest BCUT2D eigenvalue weighted by atomic mass is 19.1. The van der Waals surface area contributed by atoms with E-state index in [1.807, 2.05) is 0 Å². The molecule has 4 nitrogen and oxygen atoms in total. The predicted molar refractivity (Wildman–Crippen MR) is 66.1 cm³/mol. The van der Waals surface area contributed by atoms with Gasteiger partial charge in [-0.15, -0.1) is 0 Å². The van der Waals surface area contributed by atoms with Gasteiger partial charge in [-0.25, -0.2) is 9.37 Å². The number of nitrogens with one attached hydrogen (secondary N) is 1. The lowest BCUT2D eigenvalue weighted by molar-refractivity contribution is 0.329. The summed E-state index contributed by atoms with van der Waals surface area (Å²) in [5.41, 5.74) is 5.45. The molecule has 0 aromatic carbocycles. The van der Waals surface area contributed by atoms with Crippen molar-refractivity contribution in [1.82, 2.24) is 9.97 Å². The van der Waals surface area contributed by atoms with Gasteiger partial charge in [0.15, 0.2) is 11.6 Å². The topological polar surface area (TPSA) is 63.8 Å². The molecule has 0 unspecified atom stereocenters. The average molecular weight is 238 g/mol. The van der Waals surface area contributed by atoms with Gasteiger partial charge in [-0.1, -0.05) is 13.3 Å². The summed E-state index contributed by atoms with van der Waals surface area (Å²) in [6.45, 7) is 2.23. The third kappa shape index (κ3) is 3.05. The third-order valence-electron chi connectivity index (χ3n) is 3.53. The second kappa shape index (κ2) is 5.29.